The van der Waals surface area contributed by atoms with Crippen LogP contribution in [0.15, 0.2) is 24.3 Å². The number of ether oxygens (including phenoxy) is 1. The van der Waals surface area contributed by atoms with Crippen LogP contribution in [0.2, 0.25) is 0 Å². The van der Waals surface area contributed by atoms with Gasteiger partial charge in [0.25, 0.3) is 0 Å². The van der Waals surface area contributed by atoms with Gasteiger partial charge in [-0.3, -0.25) is 4.90 Å². The maximum absolute atomic E-state index is 6.00. The molecule has 0 aromatic heterocycles. The van der Waals surface area contributed by atoms with Crippen molar-refractivity contribution in [1.82, 2.24) is 4.90 Å². The SMILES string of the molecule is COc1ccccc1C(CN)N(C)C1CCCC1. The minimum absolute atomic E-state index is 0.254. The van der Waals surface area contributed by atoms with E-state index in [9.17, 15) is 0 Å². The molecular formula is C15H24N2O. The van der Waals surface area contributed by atoms with Gasteiger partial charge in [0.2, 0.25) is 0 Å². The number of likely N-dealkylation sites (N-methyl/N-ethyl adjacent to an activating group) is 1. The Balaban J connectivity index is 2.21. The van der Waals surface area contributed by atoms with Crippen LogP contribution in [-0.4, -0.2) is 31.6 Å². The zero-order valence-electron chi connectivity index (χ0n) is 11.4. The normalized spacial score (nSPS) is 18.2. The van der Waals surface area contributed by atoms with E-state index in [1.54, 1.807) is 7.11 Å². The number of methoxy groups -OCH3 is 1. The Kier molecular flexibility index (Phi) is 4.61. The average Bonchev–Trinajstić information content (AvgIpc) is 2.94. The van der Waals surface area contributed by atoms with Crippen LogP contribution in [0.4, 0.5) is 0 Å². The van der Waals surface area contributed by atoms with Gasteiger partial charge in [0.15, 0.2) is 0 Å². The first-order chi connectivity index (χ1) is 8.77. The molecule has 2 N–H and O–H groups in total. The molecule has 3 nitrogen and oxygen atoms in total. The third-order valence-corrected chi connectivity index (χ3v) is 4.11. The number of para-hydroxylation sites is 1. The Morgan fingerprint density at radius 2 is 2.00 bits per heavy atom. The summed E-state index contributed by atoms with van der Waals surface area (Å²) in [4.78, 5) is 2.44. The summed E-state index contributed by atoms with van der Waals surface area (Å²) in [6.07, 6.45) is 5.28. The fourth-order valence-electron chi connectivity index (χ4n) is 3.02. The molecule has 0 spiro atoms. The molecule has 1 unspecified atom stereocenters. The summed E-state index contributed by atoms with van der Waals surface area (Å²) >= 11 is 0. The highest BCUT2D eigenvalue weighted by Gasteiger charge is 2.27. The van der Waals surface area contributed by atoms with Crippen LogP contribution in [0.1, 0.15) is 37.3 Å². The Bertz CT molecular complexity index is 375. The molecule has 1 aliphatic rings. The molecule has 0 saturated heterocycles. The summed E-state index contributed by atoms with van der Waals surface area (Å²) in [5.74, 6) is 0.942. The molecule has 0 aliphatic heterocycles. The monoisotopic (exact) mass is 248 g/mol. The number of rotatable bonds is 5. The van der Waals surface area contributed by atoms with Crippen molar-refractivity contribution in [3.05, 3.63) is 29.8 Å². The molecule has 1 aromatic carbocycles. The third-order valence-electron chi connectivity index (χ3n) is 4.11. The molecule has 0 bridgehead atoms. The van der Waals surface area contributed by atoms with Gasteiger partial charge in [0.05, 0.1) is 13.2 Å². The summed E-state index contributed by atoms with van der Waals surface area (Å²) in [6.45, 7) is 0.632. The zero-order chi connectivity index (χ0) is 13.0. The van der Waals surface area contributed by atoms with Crippen molar-refractivity contribution in [2.75, 3.05) is 20.7 Å². The second-order valence-electron chi connectivity index (χ2n) is 5.10. The van der Waals surface area contributed by atoms with Crippen molar-refractivity contribution < 1.29 is 4.74 Å². The lowest BCUT2D eigenvalue weighted by atomic mass is 10.0. The molecular weight excluding hydrogens is 224 g/mol. The van der Waals surface area contributed by atoms with Crippen molar-refractivity contribution in [2.24, 2.45) is 5.73 Å². The minimum Gasteiger partial charge on any atom is -0.496 e. The maximum atomic E-state index is 6.00. The van der Waals surface area contributed by atoms with Crippen LogP contribution < -0.4 is 10.5 Å². The summed E-state index contributed by atoms with van der Waals surface area (Å²) in [6, 6.07) is 9.13. The summed E-state index contributed by atoms with van der Waals surface area (Å²) in [5.41, 5.74) is 7.21. The predicted octanol–water partition coefficient (Wildman–Crippen LogP) is 2.57. The highest BCUT2D eigenvalue weighted by Crippen LogP contribution is 2.33. The Morgan fingerprint density at radius 3 is 2.61 bits per heavy atom. The van der Waals surface area contributed by atoms with Gasteiger partial charge in [-0.1, -0.05) is 31.0 Å². The third kappa shape index (κ3) is 2.68. The fourth-order valence-corrected chi connectivity index (χ4v) is 3.02. The smallest absolute Gasteiger partial charge is 0.123 e. The van der Waals surface area contributed by atoms with Crippen molar-refractivity contribution in [3.8, 4) is 5.75 Å². The van der Waals surface area contributed by atoms with E-state index in [1.807, 2.05) is 12.1 Å². The van der Waals surface area contributed by atoms with Gasteiger partial charge in [-0.15, -0.1) is 0 Å². The highest BCUT2D eigenvalue weighted by molar-refractivity contribution is 5.36. The van der Waals surface area contributed by atoms with E-state index in [0.29, 0.717) is 12.6 Å². The molecule has 0 radical (unpaired) electrons. The Hall–Kier alpha value is -1.06. The summed E-state index contributed by atoms with van der Waals surface area (Å²) in [5, 5.41) is 0. The van der Waals surface area contributed by atoms with Gasteiger partial charge in [-0.05, 0) is 26.0 Å². The van der Waals surface area contributed by atoms with Crippen molar-refractivity contribution in [1.29, 1.82) is 0 Å². The number of benzene rings is 1. The molecule has 2 rings (SSSR count). The molecule has 1 fully saturated rings. The standard InChI is InChI=1S/C15H24N2O/c1-17(12-7-3-4-8-12)14(11-16)13-9-5-6-10-15(13)18-2/h5-6,9-10,12,14H,3-4,7-8,11,16H2,1-2H3. The number of nitrogens with two attached hydrogens (primary N) is 1. The quantitative estimate of drug-likeness (QED) is 0.870. The van der Waals surface area contributed by atoms with Crippen molar-refractivity contribution in [2.45, 2.75) is 37.8 Å². The van der Waals surface area contributed by atoms with Gasteiger partial charge in [0.1, 0.15) is 5.75 Å². The molecule has 0 heterocycles. The zero-order valence-corrected chi connectivity index (χ0v) is 11.4. The summed E-state index contributed by atoms with van der Waals surface area (Å²) in [7, 11) is 3.92. The molecule has 3 heteroatoms. The van der Waals surface area contributed by atoms with Crippen molar-refractivity contribution >= 4 is 0 Å². The van der Waals surface area contributed by atoms with Crippen LogP contribution in [-0.2, 0) is 0 Å². The first kappa shape index (κ1) is 13.4. The lowest BCUT2D eigenvalue weighted by molar-refractivity contribution is 0.176. The Morgan fingerprint density at radius 1 is 1.33 bits per heavy atom. The number of hydrogen-bond acceptors (Lipinski definition) is 3. The van der Waals surface area contributed by atoms with E-state index >= 15 is 0 Å². The van der Waals surface area contributed by atoms with Crippen LogP contribution >= 0.6 is 0 Å². The van der Waals surface area contributed by atoms with E-state index in [2.05, 4.69) is 24.1 Å². The number of nitrogens with zero attached hydrogens (tertiary/aromatic N) is 1. The largest absolute Gasteiger partial charge is 0.496 e. The fraction of sp³-hybridized carbons (Fsp3) is 0.600. The van der Waals surface area contributed by atoms with Gasteiger partial charge < -0.3 is 10.5 Å². The topological polar surface area (TPSA) is 38.5 Å². The van der Waals surface area contributed by atoms with E-state index in [-0.39, 0.29) is 6.04 Å². The van der Waals surface area contributed by atoms with Gasteiger partial charge in [-0.25, -0.2) is 0 Å². The minimum atomic E-state index is 0.254. The maximum Gasteiger partial charge on any atom is 0.123 e. The van der Waals surface area contributed by atoms with E-state index < -0.39 is 0 Å². The van der Waals surface area contributed by atoms with Gasteiger partial charge >= 0.3 is 0 Å². The van der Waals surface area contributed by atoms with Crippen molar-refractivity contribution in [3.63, 3.8) is 0 Å². The molecule has 18 heavy (non-hydrogen) atoms. The summed E-state index contributed by atoms with van der Waals surface area (Å²) < 4.78 is 5.46. The molecule has 0 amide bonds. The van der Waals surface area contributed by atoms with Gasteiger partial charge in [0, 0.05) is 18.2 Å². The lowest BCUT2D eigenvalue weighted by Gasteiger charge is -2.33. The van der Waals surface area contributed by atoms with Crippen LogP contribution in [0.3, 0.4) is 0 Å². The molecule has 100 valence electrons. The molecule has 1 atom stereocenters. The predicted molar refractivity (Wildman–Crippen MR) is 74.8 cm³/mol. The lowest BCUT2D eigenvalue weighted by Crippen LogP contribution is -2.37. The highest BCUT2D eigenvalue weighted by atomic mass is 16.5. The molecule has 1 aromatic rings. The second-order valence-corrected chi connectivity index (χ2v) is 5.10. The molecule has 1 saturated carbocycles. The first-order valence-corrected chi connectivity index (χ1v) is 6.83. The van der Waals surface area contributed by atoms with E-state index in [4.69, 9.17) is 10.5 Å². The van der Waals surface area contributed by atoms with E-state index in [1.165, 1.54) is 31.2 Å². The first-order valence-electron chi connectivity index (χ1n) is 6.83. The second kappa shape index (κ2) is 6.21. The van der Waals surface area contributed by atoms with Crippen LogP contribution in [0.5, 0.6) is 5.75 Å². The van der Waals surface area contributed by atoms with Crippen LogP contribution in [0, 0.1) is 0 Å². The van der Waals surface area contributed by atoms with E-state index in [0.717, 1.165) is 5.75 Å². The van der Waals surface area contributed by atoms with Gasteiger partial charge in [-0.2, -0.15) is 0 Å². The molecule has 1 aliphatic carbocycles. The Labute approximate surface area is 110 Å². The average molecular weight is 248 g/mol. The number of hydrogen-bond donors (Lipinski definition) is 1. The van der Waals surface area contributed by atoms with Crippen LogP contribution in [0.25, 0.3) is 0 Å².